The van der Waals surface area contributed by atoms with Crippen LogP contribution in [0.3, 0.4) is 0 Å². The maximum Gasteiger partial charge on any atom is 0.309 e. The molecule has 15 heteroatoms. The second kappa shape index (κ2) is 14.3. The highest BCUT2D eigenvalue weighted by Crippen LogP contribution is 2.76. The monoisotopic (exact) mass is 756 g/mol. The summed E-state index contributed by atoms with van der Waals surface area (Å²) in [6.45, 7) is 9.15. The van der Waals surface area contributed by atoms with Crippen molar-refractivity contribution in [1.82, 2.24) is 0 Å². The molecule has 9 N–H and O–H groups in total. The van der Waals surface area contributed by atoms with Crippen LogP contribution in [0.25, 0.3) is 0 Å². The minimum absolute atomic E-state index is 0.0174. The Morgan fingerprint density at radius 3 is 2.15 bits per heavy atom. The molecule has 0 radical (unpaired) electrons. The zero-order chi connectivity index (χ0) is 38.4. The van der Waals surface area contributed by atoms with E-state index in [1.807, 2.05) is 6.92 Å². The van der Waals surface area contributed by atoms with Crippen LogP contribution in [0.15, 0.2) is 12.2 Å². The molecule has 53 heavy (non-hydrogen) atoms. The zero-order valence-corrected chi connectivity index (χ0v) is 30.9. The van der Waals surface area contributed by atoms with Crippen LogP contribution in [0.4, 0.5) is 0 Å². The molecule has 0 aromatic heterocycles. The Kier molecular flexibility index (Phi) is 10.7. The van der Waals surface area contributed by atoms with Gasteiger partial charge in [-0.25, -0.2) is 0 Å². The average Bonchev–Trinajstić information content (AvgIpc) is 3.32. The number of carboxylic acid groups (broad SMARTS) is 1. The van der Waals surface area contributed by atoms with Crippen molar-refractivity contribution in [3.05, 3.63) is 12.2 Å². The average molecular weight is 757 g/mol. The predicted molar refractivity (Wildman–Crippen MR) is 183 cm³/mol. The molecule has 7 aliphatic rings. The Morgan fingerprint density at radius 2 is 1.47 bits per heavy atom. The molecule has 0 aromatic rings. The molecule has 14 unspecified atom stereocenters. The van der Waals surface area contributed by atoms with E-state index in [0.717, 1.165) is 37.7 Å². The number of aliphatic hydroxyl groups is 8. The maximum absolute atomic E-state index is 12.7. The first-order valence-electron chi connectivity index (χ1n) is 19.5. The predicted octanol–water partition coefficient (Wildman–Crippen LogP) is -0.0421. The fourth-order valence-corrected chi connectivity index (χ4v) is 12.5. The summed E-state index contributed by atoms with van der Waals surface area (Å²) in [5.74, 6) is -0.515. The fraction of sp³-hybridized carbons (Fsp3) is 0.921. The molecular weight excluding hydrogens is 696 g/mol. The van der Waals surface area contributed by atoms with Crippen LogP contribution in [0.1, 0.15) is 85.0 Å². The second-order valence-electron chi connectivity index (χ2n) is 18.0. The number of rotatable bonds is 8. The van der Waals surface area contributed by atoms with E-state index in [2.05, 4.69) is 13.5 Å². The lowest BCUT2D eigenvalue weighted by molar-refractivity contribution is -0.370. The van der Waals surface area contributed by atoms with Crippen molar-refractivity contribution < 1.29 is 74.4 Å². The van der Waals surface area contributed by atoms with Crippen molar-refractivity contribution in [3.8, 4) is 0 Å². The number of hydrogen-bond acceptors (Lipinski definition) is 14. The van der Waals surface area contributed by atoms with Gasteiger partial charge in [0.2, 0.25) is 0 Å². The van der Waals surface area contributed by atoms with Gasteiger partial charge in [-0.1, -0.05) is 25.5 Å². The first-order valence-corrected chi connectivity index (χ1v) is 19.5. The minimum atomic E-state index is -1.71. The molecule has 0 aromatic carbocycles. The Hall–Kier alpha value is -1.31. The SMILES string of the molecule is C=C1C[C@@]23CC[C@H]4[C@@](C)(CCC[C@@]4(C)C(=O)O)[C@@H]2CC[C@]1(C1OC(CO)C(O)C(OC2OC(CO)C(O)CC2O)C1OC1OC(C)C(O)C(O)C1O)C3. The molecule has 1 spiro atoms. The van der Waals surface area contributed by atoms with Crippen molar-refractivity contribution in [2.24, 2.45) is 33.5 Å². The van der Waals surface area contributed by atoms with Gasteiger partial charge in [0.1, 0.15) is 54.9 Å². The molecule has 7 rings (SSSR count). The molecule has 7 fully saturated rings. The van der Waals surface area contributed by atoms with E-state index in [9.17, 15) is 50.8 Å². The molecule has 15 nitrogen and oxygen atoms in total. The Bertz CT molecular complexity index is 1380. The first-order chi connectivity index (χ1) is 25.0. The summed E-state index contributed by atoms with van der Waals surface area (Å²) < 4.78 is 31.1. The Morgan fingerprint density at radius 1 is 0.792 bits per heavy atom. The van der Waals surface area contributed by atoms with E-state index in [1.54, 1.807) is 0 Å². The van der Waals surface area contributed by atoms with Crippen LogP contribution in [0, 0.1) is 33.5 Å². The van der Waals surface area contributed by atoms with Gasteiger partial charge in [-0.15, -0.1) is 0 Å². The minimum Gasteiger partial charge on any atom is -0.481 e. The van der Waals surface area contributed by atoms with Gasteiger partial charge in [0.15, 0.2) is 12.6 Å². The molecule has 20 atom stereocenters. The maximum atomic E-state index is 12.7. The van der Waals surface area contributed by atoms with E-state index >= 15 is 0 Å². The number of carbonyl (C=O) groups is 1. The number of aliphatic carboxylic acids is 1. The highest BCUT2D eigenvalue weighted by Gasteiger charge is 2.71. The molecule has 3 saturated heterocycles. The van der Waals surface area contributed by atoms with Crippen LogP contribution in [0.2, 0.25) is 0 Å². The Labute approximate surface area is 309 Å². The largest absolute Gasteiger partial charge is 0.481 e. The lowest BCUT2D eigenvalue weighted by Crippen LogP contribution is -2.68. The van der Waals surface area contributed by atoms with E-state index in [-0.39, 0.29) is 29.1 Å². The van der Waals surface area contributed by atoms with Crippen molar-refractivity contribution in [2.45, 2.75) is 171 Å². The number of carboxylic acids is 1. The third-order valence-corrected chi connectivity index (χ3v) is 15.2. The summed E-state index contributed by atoms with van der Waals surface area (Å²) in [7, 11) is 0. The van der Waals surface area contributed by atoms with Crippen LogP contribution in [-0.4, -0.2) is 151 Å². The quantitative estimate of drug-likeness (QED) is 0.148. The van der Waals surface area contributed by atoms with E-state index in [1.165, 1.54) is 6.92 Å². The lowest BCUT2D eigenvalue weighted by Gasteiger charge is -2.64. The summed E-state index contributed by atoms with van der Waals surface area (Å²) in [5, 5.41) is 96.1. The number of hydrogen-bond donors (Lipinski definition) is 9. The molecule has 0 amide bonds. The van der Waals surface area contributed by atoms with Gasteiger partial charge >= 0.3 is 5.97 Å². The van der Waals surface area contributed by atoms with Crippen molar-refractivity contribution in [1.29, 1.82) is 0 Å². The normalized spacial score (nSPS) is 55.6. The van der Waals surface area contributed by atoms with Gasteiger partial charge in [-0.2, -0.15) is 0 Å². The van der Waals surface area contributed by atoms with Crippen LogP contribution in [-0.2, 0) is 28.5 Å². The zero-order valence-electron chi connectivity index (χ0n) is 30.9. The van der Waals surface area contributed by atoms with Crippen LogP contribution in [0.5, 0.6) is 0 Å². The van der Waals surface area contributed by atoms with E-state index < -0.39 is 116 Å². The molecule has 2 bridgehead atoms. The number of ether oxygens (including phenoxy) is 5. The summed E-state index contributed by atoms with van der Waals surface area (Å²) >= 11 is 0. The Balaban J connectivity index is 1.26. The third-order valence-electron chi connectivity index (χ3n) is 15.2. The second-order valence-corrected chi connectivity index (χ2v) is 18.0. The summed E-state index contributed by atoms with van der Waals surface area (Å²) in [6.07, 6.45) is -12.3. The fourth-order valence-electron chi connectivity index (χ4n) is 12.5. The van der Waals surface area contributed by atoms with Gasteiger partial charge in [0.25, 0.3) is 0 Å². The van der Waals surface area contributed by atoms with E-state index in [4.69, 9.17) is 23.7 Å². The standard InChI is InChI=1S/C38H60O15/c1-17-13-37-10-6-23-35(3,8-5-9-36(23,4)34(47)48)24(37)7-11-38(17,16-37)31-30(53-33-28(46)27(45)25(43)18(2)49-33)29(26(44)22(15-40)50-31)52-32-20(42)12-19(41)21(14-39)51-32/h18-33,39-46H,1,5-16H2,2-4H3,(H,47,48)/t18?,19?,20?,21?,22?,23-,24-,25?,26?,27?,28?,29?,30?,31?,32?,33?,35+,36+,37+,38-/m0/s1. The molecule has 4 aliphatic carbocycles. The van der Waals surface area contributed by atoms with Crippen molar-refractivity contribution in [2.75, 3.05) is 13.2 Å². The molecule has 3 aliphatic heterocycles. The number of fused-ring (bicyclic) bond motifs is 3. The van der Waals surface area contributed by atoms with Gasteiger partial charge in [0.05, 0.1) is 36.9 Å². The van der Waals surface area contributed by atoms with Gasteiger partial charge < -0.3 is 69.6 Å². The van der Waals surface area contributed by atoms with Gasteiger partial charge in [-0.05, 0) is 87.9 Å². The van der Waals surface area contributed by atoms with Gasteiger partial charge in [0, 0.05) is 11.8 Å². The lowest BCUT2D eigenvalue weighted by atomic mass is 9.40. The third kappa shape index (κ3) is 6.16. The highest BCUT2D eigenvalue weighted by molar-refractivity contribution is 5.75. The smallest absolute Gasteiger partial charge is 0.309 e. The molecular formula is C38H60O15. The van der Waals surface area contributed by atoms with Crippen LogP contribution >= 0.6 is 0 Å². The van der Waals surface area contributed by atoms with Crippen LogP contribution < -0.4 is 0 Å². The molecule has 302 valence electrons. The molecule has 3 heterocycles. The van der Waals surface area contributed by atoms with E-state index in [0.29, 0.717) is 25.7 Å². The van der Waals surface area contributed by atoms with Crippen molar-refractivity contribution >= 4 is 5.97 Å². The first kappa shape index (κ1) is 39.9. The van der Waals surface area contributed by atoms with Crippen molar-refractivity contribution in [3.63, 3.8) is 0 Å². The highest BCUT2D eigenvalue weighted by atomic mass is 16.7. The topological polar surface area (TPSA) is 245 Å². The summed E-state index contributed by atoms with van der Waals surface area (Å²) in [4.78, 5) is 12.7. The summed E-state index contributed by atoms with van der Waals surface area (Å²) in [5.41, 5.74) is -1.14. The number of aliphatic hydroxyl groups excluding tert-OH is 8. The van der Waals surface area contributed by atoms with Gasteiger partial charge in [-0.3, -0.25) is 4.79 Å². The summed E-state index contributed by atoms with van der Waals surface area (Å²) in [6, 6.07) is 0. The molecule has 4 saturated carbocycles.